The molecule has 1 fully saturated rings. The minimum Gasteiger partial charge on any atom is -0.493 e. The number of hydrogen-bond acceptors (Lipinski definition) is 10. The molecule has 0 bridgehead atoms. The highest BCUT2D eigenvalue weighted by Crippen LogP contribution is 2.42. The summed E-state index contributed by atoms with van der Waals surface area (Å²) >= 11 is 0. The number of benzene rings is 2. The Hall–Kier alpha value is -4.54. The Morgan fingerprint density at radius 1 is 0.565 bits per heavy atom. The minimum atomic E-state index is 0.359. The van der Waals surface area contributed by atoms with Crippen LogP contribution in [0.25, 0.3) is 22.5 Å². The van der Waals surface area contributed by atoms with Crippen LogP contribution in [-0.2, 0) is 13.1 Å². The molecule has 2 aromatic carbocycles. The van der Waals surface area contributed by atoms with Gasteiger partial charge in [0, 0.05) is 61.8 Å². The van der Waals surface area contributed by atoms with Crippen molar-refractivity contribution in [2.45, 2.75) is 39.0 Å². The topological polar surface area (TPSA) is 87.6 Å². The molecule has 2 atom stereocenters. The Labute approximate surface area is 271 Å². The van der Waals surface area contributed by atoms with Crippen LogP contribution in [0.4, 0.5) is 0 Å². The molecule has 0 spiro atoms. The van der Waals surface area contributed by atoms with Crippen LogP contribution in [-0.4, -0.2) is 87.6 Å². The minimum absolute atomic E-state index is 0.359. The zero-order chi connectivity index (χ0) is 32.8. The maximum absolute atomic E-state index is 5.57. The van der Waals surface area contributed by atoms with E-state index in [0.29, 0.717) is 46.6 Å². The fraction of sp³-hybridized carbons (Fsp3) is 0.389. The van der Waals surface area contributed by atoms with E-state index < -0.39 is 0 Å². The van der Waals surface area contributed by atoms with E-state index in [2.05, 4.69) is 57.9 Å². The zero-order valence-corrected chi connectivity index (χ0v) is 28.0. The first kappa shape index (κ1) is 32.8. The third-order valence-corrected chi connectivity index (χ3v) is 8.52. The average molecular weight is 629 g/mol. The number of rotatable bonds is 12. The lowest BCUT2D eigenvalue weighted by atomic mass is 10.0. The van der Waals surface area contributed by atoms with Gasteiger partial charge in [-0.1, -0.05) is 0 Å². The van der Waals surface area contributed by atoms with Crippen molar-refractivity contribution in [3.63, 3.8) is 0 Å². The summed E-state index contributed by atoms with van der Waals surface area (Å²) in [5.74, 6) is 3.55. The van der Waals surface area contributed by atoms with Gasteiger partial charge in [0.25, 0.3) is 0 Å². The van der Waals surface area contributed by atoms with Crippen LogP contribution >= 0.6 is 0 Å². The number of piperazine rings is 1. The summed E-state index contributed by atoms with van der Waals surface area (Å²) < 4.78 is 33.2. The molecule has 10 heteroatoms. The van der Waals surface area contributed by atoms with Gasteiger partial charge in [-0.2, -0.15) is 0 Å². The highest BCUT2D eigenvalue weighted by molar-refractivity contribution is 5.70. The smallest absolute Gasteiger partial charge is 0.203 e. The third-order valence-electron chi connectivity index (χ3n) is 8.52. The van der Waals surface area contributed by atoms with E-state index in [4.69, 9.17) is 28.4 Å². The Kier molecular flexibility index (Phi) is 10.5. The molecule has 5 rings (SSSR count). The molecule has 46 heavy (non-hydrogen) atoms. The summed E-state index contributed by atoms with van der Waals surface area (Å²) in [6, 6.07) is 16.9. The van der Waals surface area contributed by atoms with E-state index in [1.165, 1.54) is 11.1 Å². The van der Waals surface area contributed by atoms with Crippen molar-refractivity contribution >= 4 is 0 Å². The first-order valence-corrected chi connectivity index (χ1v) is 15.3. The second kappa shape index (κ2) is 14.7. The Morgan fingerprint density at radius 3 is 1.33 bits per heavy atom. The predicted octanol–water partition coefficient (Wildman–Crippen LogP) is 5.96. The highest BCUT2D eigenvalue weighted by Gasteiger charge is 2.29. The van der Waals surface area contributed by atoms with Crippen LogP contribution in [0, 0.1) is 0 Å². The molecule has 0 aliphatic carbocycles. The van der Waals surface area contributed by atoms with Gasteiger partial charge in [-0.05, 0) is 73.5 Å². The van der Waals surface area contributed by atoms with E-state index in [9.17, 15) is 0 Å². The normalized spacial score (nSPS) is 17.0. The van der Waals surface area contributed by atoms with Crippen molar-refractivity contribution in [2.75, 3.05) is 55.7 Å². The van der Waals surface area contributed by atoms with Crippen molar-refractivity contribution in [2.24, 2.45) is 0 Å². The van der Waals surface area contributed by atoms with Gasteiger partial charge in [-0.3, -0.25) is 19.8 Å². The number of aromatic nitrogens is 2. The van der Waals surface area contributed by atoms with Crippen molar-refractivity contribution in [1.29, 1.82) is 0 Å². The molecular formula is C36H44N4O6. The first-order chi connectivity index (χ1) is 22.3. The Bertz CT molecular complexity index is 1580. The number of nitrogens with zero attached hydrogens (tertiary/aromatic N) is 4. The number of methoxy groups -OCH3 is 6. The largest absolute Gasteiger partial charge is 0.493 e. The molecule has 1 saturated heterocycles. The molecule has 4 aromatic rings. The van der Waals surface area contributed by atoms with E-state index in [1.54, 1.807) is 42.7 Å². The monoisotopic (exact) mass is 628 g/mol. The van der Waals surface area contributed by atoms with Crippen molar-refractivity contribution < 1.29 is 28.4 Å². The fourth-order valence-corrected chi connectivity index (χ4v) is 6.29. The van der Waals surface area contributed by atoms with E-state index in [0.717, 1.165) is 48.7 Å². The van der Waals surface area contributed by atoms with Gasteiger partial charge in [0.2, 0.25) is 11.5 Å². The molecular weight excluding hydrogens is 584 g/mol. The van der Waals surface area contributed by atoms with Crippen molar-refractivity contribution in [3.05, 3.63) is 72.1 Å². The molecule has 1 aliphatic rings. The second-order valence-electron chi connectivity index (χ2n) is 11.5. The quantitative estimate of drug-likeness (QED) is 0.187. The maximum Gasteiger partial charge on any atom is 0.203 e. The lowest BCUT2D eigenvalue weighted by Crippen LogP contribution is -2.55. The molecule has 0 amide bonds. The summed E-state index contributed by atoms with van der Waals surface area (Å²) in [6.07, 6.45) is 3.74. The molecule has 0 radical (unpaired) electrons. The summed E-state index contributed by atoms with van der Waals surface area (Å²) in [6.45, 7) is 8.18. The molecule has 2 aromatic heterocycles. The van der Waals surface area contributed by atoms with Gasteiger partial charge in [0.15, 0.2) is 23.0 Å². The molecule has 244 valence electrons. The molecule has 3 heterocycles. The summed E-state index contributed by atoms with van der Waals surface area (Å²) in [7, 11) is 9.69. The van der Waals surface area contributed by atoms with Gasteiger partial charge >= 0.3 is 0 Å². The SMILES string of the molecule is COc1cc(-c2cc(CN3C[C@@H](C)N(Cc4ccnc(-c5cc(OC)c(OC)c(OC)c5)c4)[C@@H](C)C3)ccn2)cc(OC)c1OC. The van der Waals surface area contributed by atoms with Gasteiger partial charge in [0.1, 0.15) is 0 Å². The standard InChI is InChI=1S/C36H44N4O6/c1-23-19-39(21-25-9-11-37-29(13-25)27-15-31(41-3)35(45-7)32(16-27)42-4)20-24(2)40(23)22-26-10-12-38-30(14-26)28-17-33(43-5)36(46-8)34(18-28)44-6/h9-18,23-24H,19-22H2,1-8H3/t23-,24+. The molecule has 1 aliphatic heterocycles. The lowest BCUT2D eigenvalue weighted by molar-refractivity contribution is 0.0290. The lowest BCUT2D eigenvalue weighted by Gasteiger charge is -2.44. The third kappa shape index (κ3) is 6.98. The van der Waals surface area contributed by atoms with Gasteiger partial charge in [-0.15, -0.1) is 0 Å². The van der Waals surface area contributed by atoms with Crippen molar-refractivity contribution in [3.8, 4) is 57.0 Å². The number of pyridine rings is 2. The average Bonchev–Trinajstić information content (AvgIpc) is 3.08. The Morgan fingerprint density at radius 2 is 0.957 bits per heavy atom. The molecule has 0 N–H and O–H groups in total. The highest BCUT2D eigenvalue weighted by atomic mass is 16.5. The summed E-state index contributed by atoms with van der Waals surface area (Å²) in [5, 5.41) is 0. The molecule has 0 saturated carbocycles. The maximum atomic E-state index is 5.57. The van der Waals surface area contributed by atoms with Crippen molar-refractivity contribution in [1.82, 2.24) is 19.8 Å². The molecule has 0 unspecified atom stereocenters. The second-order valence-corrected chi connectivity index (χ2v) is 11.5. The first-order valence-electron chi connectivity index (χ1n) is 15.3. The summed E-state index contributed by atoms with van der Waals surface area (Å²) in [5.41, 5.74) is 5.94. The van der Waals surface area contributed by atoms with Crippen LogP contribution in [0.1, 0.15) is 25.0 Å². The van der Waals surface area contributed by atoms with Crippen LogP contribution < -0.4 is 28.4 Å². The van der Waals surface area contributed by atoms with E-state index in [1.807, 2.05) is 36.7 Å². The van der Waals surface area contributed by atoms with Gasteiger partial charge < -0.3 is 28.4 Å². The van der Waals surface area contributed by atoms with Gasteiger partial charge in [-0.25, -0.2) is 0 Å². The van der Waals surface area contributed by atoms with E-state index in [-0.39, 0.29) is 0 Å². The predicted molar refractivity (Wildman–Crippen MR) is 178 cm³/mol. The van der Waals surface area contributed by atoms with Crippen LogP contribution in [0.2, 0.25) is 0 Å². The van der Waals surface area contributed by atoms with Crippen LogP contribution in [0.3, 0.4) is 0 Å². The number of hydrogen-bond donors (Lipinski definition) is 0. The van der Waals surface area contributed by atoms with Gasteiger partial charge in [0.05, 0.1) is 54.0 Å². The zero-order valence-electron chi connectivity index (χ0n) is 28.0. The van der Waals surface area contributed by atoms with Crippen LogP contribution in [0.15, 0.2) is 60.9 Å². The van der Waals surface area contributed by atoms with E-state index >= 15 is 0 Å². The molecule has 10 nitrogen and oxygen atoms in total. The summed E-state index contributed by atoms with van der Waals surface area (Å²) in [4.78, 5) is 14.4. The van der Waals surface area contributed by atoms with Crippen LogP contribution in [0.5, 0.6) is 34.5 Å². The number of ether oxygens (including phenoxy) is 6. The Balaban J connectivity index is 1.28. The fourth-order valence-electron chi connectivity index (χ4n) is 6.29.